The van der Waals surface area contributed by atoms with Crippen LogP contribution in [-0.2, 0) is 0 Å². The molecule has 0 atom stereocenters. The van der Waals surface area contributed by atoms with Crippen LogP contribution in [0.2, 0.25) is 5.02 Å². The Balaban J connectivity index is 0.000000159. The number of nitrogens with one attached hydrogen (secondary N) is 1. The molecule has 2 heterocycles. The molecule has 0 amide bonds. The van der Waals surface area contributed by atoms with Crippen LogP contribution in [-0.4, -0.2) is 8.41 Å². The van der Waals surface area contributed by atoms with E-state index in [9.17, 15) is 13.2 Å². The molecular weight excluding hydrogens is 1410 g/mol. The van der Waals surface area contributed by atoms with Crippen molar-refractivity contribution in [2.45, 2.75) is 7.43 Å². The quantitative estimate of drug-likeness (QED) is 0.137. The fourth-order valence-electron chi connectivity index (χ4n) is 13.8. The number of halogens is 5. The van der Waals surface area contributed by atoms with E-state index < -0.39 is 0 Å². The molecule has 13 heteroatoms. The summed E-state index contributed by atoms with van der Waals surface area (Å²) in [5.74, 6) is 4.24. The molecule has 17 aromatic carbocycles. The Kier molecular flexibility index (Phi) is 19.5. The maximum absolute atomic E-state index is 14.6. The molecule has 19 rings (SSSR count). The fourth-order valence-corrected chi connectivity index (χ4v) is 14.5. The molecule has 0 spiro atoms. The lowest BCUT2D eigenvalue weighted by atomic mass is 9.93. The molecule has 0 fully saturated rings. The molecule has 2 aliphatic heterocycles. The smallest absolute Gasteiger partial charge is 0.195 e. The van der Waals surface area contributed by atoms with Gasteiger partial charge in [-0.15, -0.1) is 0 Å². The Morgan fingerprint density at radius 1 is 0.302 bits per heavy atom. The number of rotatable bonds is 10. The van der Waals surface area contributed by atoms with Crippen molar-refractivity contribution in [3.63, 3.8) is 0 Å². The van der Waals surface area contributed by atoms with Crippen molar-refractivity contribution < 1.29 is 32.1 Å². The number of benzene rings is 17. The van der Waals surface area contributed by atoms with Crippen molar-refractivity contribution in [3.05, 3.63) is 373 Å². The summed E-state index contributed by atoms with van der Waals surface area (Å²) in [6, 6.07) is 111. The number of fused-ring (bicyclic) bond motifs is 9. The van der Waals surface area contributed by atoms with Gasteiger partial charge in [-0.3, -0.25) is 0 Å². The molecule has 106 heavy (non-hydrogen) atoms. The second-order valence-electron chi connectivity index (χ2n) is 25.0. The third-order valence-electron chi connectivity index (χ3n) is 18.6. The number of ether oxygens (including phenoxy) is 4. The van der Waals surface area contributed by atoms with E-state index in [0.29, 0.717) is 51.0 Å². The molecule has 0 saturated heterocycles. The van der Waals surface area contributed by atoms with E-state index in [1.165, 1.54) is 41.8 Å². The molecular formula is C93H62BBrClF3N3O4. The highest BCUT2D eigenvalue weighted by atomic mass is 79.9. The van der Waals surface area contributed by atoms with Crippen molar-refractivity contribution in [2.75, 3.05) is 15.1 Å². The standard InChI is InChI=1S/C54H34F2N2O2.C22H12BrClO2.C16H12FN.CH4.B/c55-38-25-31-41(32-26-38)57(47-19-9-13-35-11-1-3-15-43(35)47)40-29-23-37(24-30-40)51-45-17-5-6-18-46(45)52(54-53(51)59-49-21-7-8-22-50(49)60-54)58(42-33-27-39(56)28-34-42)48-20-10-14-36-12-2-4-16-44(36)48;23-20-16-6-2-1-5-15(16)19(13-9-11-14(24)12-10-13)21-22(20)26-18-8-4-3-7-17(18)25-21;17-13-8-10-14(11-9-13)18-16-7-3-5-12-4-1-2-6-15(12)16;;/h1-34H;1-12H;1-11,18H;1H4;. The van der Waals surface area contributed by atoms with Gasteiger partial charge in [0.25, 0.3) is 0 Å². The normalized spacial score (nSPS) is 11.4. The van der Waals surface area contributed by atoms with Crippen LogP contribution in [0, 0.1) is 17.5 Å². The molecule has 7 nitrogen and oxygen atoms in total. The largest absolute Gasteiger partial charge is 0.449 e. The zero-order chi connectivity index (χ0) is 70.2. The molecule has 0 aliphatic carbocycles. The third kappa shape index (κ3) is 13.3. The topological polar surface area (TPSA) is 55.4 Å². The van der Waals surface area contributed by atoms with Gasteiger partial charge in [-0.2, -0.15) is 0 Å². The predicted molar refractivity (Wildman–Crippen MR) is 435 cm³/mol. The summed E-state index contributed by atoms with van der Waals surface area (Å²) in [4.78, 5) is 4.31. The summed E-state index contributed by atoms with van der Waals surface area (Å²) in [5.41, 5.74) is 10.8. The number of hydrogen-bond acceptors (Lipinski definition) is 7. The van der Waals surface area contributed by atoms with Gasteiger partial charge >= 0.3 is 0 Å². The SMILES string of the molecule is C.Clc1ccc(-c2c3c(c(Br)c4ccccc24)Oc2ccccc2O3)cc1.Fc1ccc(N(c2ccc(-c3c4c(c(N(c5ccc(F)cc5)c5cccc6ccccc56)c5ccccc35)Oc3ccccc3O4)cc2)c2cccc3ccccc23)cc1.Fc1ccc(Nc2cccc3ccccc23)cc1.[B]. The second kappa shape index (κ2) is 29.9. The van der Waals surface area contributed by atoms with Gasteiger partial charge in [-0.25, -0.2) is 13.2 Å². The van der Waals surface area contributed by atoms with Gasteiger partial charge in [0.2, 0.25) is 0 Å². The minimum atomic E-state index is -0.325. The summed E-state index contributed by atoms with van der Waals surface area (Å²) in [5, 5.41) is 14.6. The maximum Gasteiger partial charge on any atom is 0.195 e. The van der Waals surface area contributed by atoms with E-state index in [1.807, 2.05) is 158 Å². The first-order valence-corrected chi connectivity index (χ1v) is 35.0. The van der Waals surface area contributed by atoms with Crippen LogP contribution in [0.1, 0.15) is 7.43 Å². The summed E-state index contributed by atoms with van der Waals surface area (Å²) >= 11 is 9.80. The van der Waals surface area contributed by atoms with Gasteiger partial charge in [0.05, 0.1) is 15.8 Å². The van der Waals surface area contributed by atoms with Gasteiger partial charge < -0.3 is 34.1 Å². The first-order chi connectivity index (χ1) is 51.1. The van der Waals surface area contributed by atoms with Crippen molar-refractivity contribution in [3.8, 4) is 68.2 Å². The highest BCUT2D eigenvalue weighted by Gasteiger charge is 2.34. The van der Waals surface area contributed by atoms with Crippen LogP contribution in [0.25, 0.3) is 76.1 Å². The molecule has 0 unspecified atom stereocenters. The molecule has 3 radical (unpaired) electrons. The zero-order valence-corrected chi connectivity index (χ0v) is 58.2. The highest BCUT2D eigenvalue weighted by Crippen LogP contribution is 2.61. The summed E-state index contributed by atoms with van der Waals surface area (Å²) in [6.45, 7) is 0. The lowest BCUT2D eigenvalue weighted by Crippen LogP contribution is -2.14. The Hall–Kier alpha value is -12.7. The summed E-state index contributed by atoms with van der Waals surface area (Å²) in [7, 11) is 0. The maximum atomic E-state index is 14.6. The number of para-hydroxylation sites is 4. The number of hydrogen-bond donors (Lipinski definition) is 1. The highest BCUT2D eigenvalue weighted by molar-refractivity contribution is 9.10. The van der Waals surface area contributed by atoms with E-state index >= 15 is 0 Å². The average Bonchev–Trinajstić information content (AvgIpc) is 0.724. The molecule has 511 valence electrons. The van der Waals surface area contributed by atoms with Gasteiger partial charge in [0.15, 0.2) is 46.0 Å². The van der Waals surface area contributed by atoms with Gasteiger partial charge in [-0.1, -0.05) is 225 Å². The molecule has 2 aliphatic rings. The number of nitrogens with zero attached hydrogens (tertiary/aromatic N) is 2. The predicted octanol–water partition coefficient (Wildman–Crippen LogP) is 28.7. The minimum absolute atomic E-state index is 0. The van der Waals surface area contributed by atoms with E-state index in [1.54, 1.807) is 36.4 Å². The zero-order valence-electron chi connectivity index (χ0n) is 55.9. The van der Waals surface area contributed by atoms with E-state index in [4.69, 9.17) is 30.5 Å². The Morgan fingerprint density at radius 2 is 0.642 bits per heavy atom. The third-order valence-corrected chi connectivity index (χ3v) is 19.6. The lowest BCUT2D eigenvalue weighted by Gasteiger charge is -2.33. The minimum Gasteiger partial charge on any atom is -0.449 e. The molecule has 17 aromatic rings. The fraction of sp³-hybridized carbons (Fsp3) is 0.0108. The Morgan fingerprint density at radius 3 is 1.15 bits per heavy atom. The molecule has 1 N–H and O–H groups in total. The number of anilines is 8. The van der Waals surface area contributed by atoms with Crippen LogP contribution in [0.4, 0.5) is 58.7 Å². The van der Waals surface area contributed by atoms with Gasteiger partial charge in [0.1, 0.15) is 23.1 Å². The summed E-state index contributed by atoms with van der Waals surface area (Å²) < 4.78 is 69.1. The first kappa shape index (κ1) is 69.0. The second-order valence-corrected chi connectivity index (χ2v) is 26.2. The molecule has 0 bridgehead atoms. The van der Waals surface area contributed by atoms with Crippen LogP contribution in [0.5, 0.6) is 46.0 Å². The monoisotopic (exact) mass is 1470 g/mol. The summed E-state index contributed by atoms with van der Waals surface area (Å²) in [6.07, 6.45) is 0. The molecule has 0 aromatic heterocycles. The van der Waals surface area contributed by atoms with Gasteiger partial charge in [-0.05, 0) is 194 Å². The van der Waals surface area contributed by atoms with Crippen LogP contribution < -0.4 is 34.1 Å². The lowest BCUT2D eigenvalue weighted by molar-refractivity contribution is 0.360. The first-order valence-electron chi connectivity index (χ1n) is 33.8. The van der Waals surface area contributed by atoms with E-state index in [2.05, 4.69) is 146 Å². The van der Waals surface area contributed by atoms with E-state index in [-0.39, 0.29) is 33.3 Å². The van der Waals surface area contributed by atoms with Crippen LogP contribution in [0.15, 0.2) is 350 Å². The Labute approximate surface area is 626 Å². The van der Waals surface area contributed by atoms with Crippen molar-refractivity contribution in [1.82, 2.24) is 0 Å². The van der Waals surface area contributed by atoms with Gasteiger partial charge in [0, 0.05) is 79.9 Å². The van der Waals surface area contributed by atoms with Crippen LogP contribution >= 0.6 is 27.5 Å². The molecule has 0 saturated carbocycles. The Bertz CT molecular complexity index is 6100. The van der Waals surface area contributed by atoms with Crippen molar-refractivity contribution in [1.29, 1.82) is 0 Å². The average molecular weight is 1470 g/mol. The van der Waals surface area contributed by atoms with Crippen molar-refractivity contribution >= 4 is 135 Å². The van der Waals surface area contributed by atoms with Crippen molar-refractivity contribution in [2.24, 2.45) is 0 Å². The van der Waals surface area contributed by atoms with Crippen LogP contribution in [0.3, 0.4) is 0 Å². The van der Waals surface area contributed by atoms with E-state index in [0.717, 1.165) is 121 Å².